The van der Waals surface area contributed by atoms with Gasteiger partial charge in [-0.2, -0.15) is 0 Å². The highest BCUT2D eigenvalue weighted by Gasteiger charge is 1.98. The third-order valence-electron chi connectivity index (χ3n) is 2.43. The van der Waals surface area contributed by atoms with Crippen LogP contribution in [0.3, 0.4) is 0 Å². The van der Waals surface area contributed by atoms with Crippen LogP contribution >= 0.6 is 0 Å². The molecule has 1 atom stereocenters. The summed E-state index contributed by atoms with van der Waals surface area (Å²) in [6.45, 7) is 3.81. The van der Waals surface area contributed by atoms with E-state index in [1.165, 1.54) is 12.1 Å². The lowest BCUT2D eigenvalue weighted by Gasteiger charge is -2.09. The van der Waals surface area contributed by atoms with Crippen LogP contribution in [0.15, 0.2) is 24.3 Å². The molecule has 0 heterocycles. The maximum atomic E-state index is 12.6. The molecule has 0 bridgehead atoms. The SMILES string of the molecule is CCC(N)CNCCc1ccc(F)cc1. The zero-order valence-corrected chi connectivity index (χ0v) is 9.17. The van der Waals surface area contributed by atoms with Crippen molar-refractivity contribution in [2.45, 2.75) is 25.8 Å². The van der Waals surface area contributed by atoms with Gasteiger partial charge in [-0.05, 0) is 37.1 Å². The van der Waals surface area contributed by atoms with Gasteiger partial charge in [0.25, 0.3) is 0 Å². The van der Waals surface area contributed by atoms with Gasteiger partial charge in [0.2, 0.25) is 0 Å². The summed E-state index contributed by atoms with van der Waals surface area (Å²) in [7, 11) is 0. The Morgan fingerprint density at radius 1 is 1.33 bits per heavy atom. The second-order valence-corrected chi connectivity index (χ2v) is 3.75. The molecule has 1 aromatic carbocycles. The molecule has 15 heavy (non-hydrogen) atoms. The highest BCUT2D eigenvalue weighted by Crippen LogP contribution is 2.02. The highest BCUT2D eigenvalue weighted by atomic mass is 19.1. The number of hydrogen-bond donors (Lipinski definition) is 2. The van der Waals surface area contributed by atoms with Crippen molar-refractivity contribution in [1.82, 2.24) is 5.32 Å². The van der Waals surface area contributed by atoms with Crippen molar-refractivity contribution >= 4 is 0 Å². The second kappa shape index (κ2) is 6.53. The van der Waals surface area contributed by atoms with E-state index in [9.17, 15) is 4.39 Å². The standard InChI is InChI=1S/C12H19FN2/c1-2-12(14)9-15-8-7-10-3-5-11(13)6-4-10/h3-6,12,15H,2,7-9,14H2,1H3. The third kappa shape index (κ3) is 4.91. The third-order valence-corrected chi connectivity index (χ3v) is 2.43. The van der Waals surface area contributed by atoms with Crippen molar-refractivity contribution in [2.24, 2.45) is 5.73 Å². The number of nitrogens with one attached hydrogen (secondary N) is 1. The molecule has 1 rings (SSSR count). The monoisotopic (exact) mass is 210 g/mol. The zero-order chi connectivity index (χ0) is 11.1. The van der Waals surface area contributed by atoms with Gasteiger partial charge in [-0.25, -0.2) is 4.39 Å². The Morgan fingerprint density at radius 2 is 2.00 bits per heavy atom. The fourth-order valence-electron chi connectivity index (χ4n) is 1.32. The van der Waals surface area contributed by atoms with Gasteiger partial charge in [0.05, 0.1) is 0 Å². The lowest BCUT2D eigenvalue weighted by atomic mass is 10.1. The predicted molar refractivity (Wildman–Crippen MR) is 61.2 cm³/mol. The van der Waals surface area contributed by atoms with E-state index >= 15 is 0 Å². The van der Waals surface area contributed by atoms with Crippen LogP contribution in [0.1, 0.15) is 18.9 Å². The second-order valence-electron chi connectivity index (χ2n) is 3.75. The Morgan fingerprint density at radius 3 is 2.60 bits per heavy atom. The maximum absolute atomic E-state index is 12.6. The van der Waals surface area contributed by atoms with E-state index in [-0.39, 0.29) is 11.9 Å². The molecule has 1 aromatic rings. The molecule has 3 heteroatoms. The van der Waals surface area contributed by atoms with Gasteiger partial charge in [0, 0.05) is 12.6 Å². The summed E-state index contributed by atoms with van der Waals surface area (Å²) in [5.41, 5.74) is 6.91. The molecule has 0 spiro atoms. The van der Waals surface area contributed by atoms with E-state index in [1.807, 2.05) is 12.1 Å². The molecular weight excluding hydrogens is 191 g/mol. The van der Waals surface area contributed by atoms with Crippen LogP contribution in [0.4, 0.5) is 4.39 Å². The Labute approximate surface area is 90.7 Å². The van der Waals surface area contributed by atoms with Gasteiger partial charge in [0.15, 0.2) is 0 Å². The molecule has 0 aliphatic rings. The Balaban J connectivity index is 2.17. The smallest absolute Gasteiger partial charge is 0.123 e. The molecule has 2 nitrogen and oxygen atoms in total. The van der Waals surface area contributed by atoms with Crippen LogP contribution in [0, 0.1) is 5.82 Å². The van der Waals surface area contributed by atoms with Gasteiger partial charge in [-0.3, -0.25) is 0 Å². The summed E-state index contributed by atoms with van der Waals surface area (Å²) in [5.74, 6) is -0.181. The molecule has 0 fully saturated rings. The van der Waals surface area contributed by atoms with E-state index in [1.54, 1.807) is 0 Å². The minimum Gasteiger partial charge on any atom is -0.327 e. The van der Waals surface area contributed by atoms with Gasteiger partial charge in [0.1, 0.15) is 5.82 Å². The Hall–Kier alpha value is -0.930. The van der Waals surface area contributed by atoms with Crippen LogP contribution in [0.25, 0.3) is 0 Å². The minimum absolute atomic E-state index is 0.181. The number of nitrogens with two attached hydrogens (primary N) is 1. The van der Waals surface area contributed by atoms with Gasteiger partial charge in [-0.15, -0.1) is 0 Å². The number of hydrogen-bond acceptors (Lipinski definition) is 2. The van der Waals surface area contributed by atoms with Crippen LogP contribution < -0.4 is 11.1 Å². The van der Waals surface area contributed by atoms with Crippen LogP contribution in [-0.4, -0.2) is 19.1 Å². The first-order valence-corrected chi connectivity index (χ1v) is 5.43. The lowest BCUT2D eigenvalue weighted by molar-refractivity contribution is 0.564. The van der Waals surface area contributed by atoms with Crippen LogP contribution in [0.2, 0.25) is 0 Å². The van der Waals surface area contributed by atoms with Crippen molar-refractivity contribution in [3.8, 4) is 0 Å². The average molecular weight is 210 g/mol. The summed E-state index contributed by atoms with van der Waals surface area (Å²) >= 11 is 0. The normalized spacial score (nSPS) is 12.7. The molecule has 0 aliphatic heterocycles. The molecule has 1 unspecified atom stereocenters. The number of benzene rings is 1. The van der Waals surface area contributed by atoms with Gasteiger partial charge < -0.3 is 11.1 Å². The summed E-state index contributed by atoms with van der Waals surface area (Å²) < 4.78 is 12.6. The fraction of sp³-hybridized carbons (Fsp3) is 0.500. The molecule has 84 valence electrons. The number of halogens is 1. The van der Waals surface area contributed by atoms with E-state index in [2.05, 4.69) is 12.2 Å². The summed E-state index contributed by atoms with van der Waals surface area (Å²) in [6, 6.07) is 6.85. The highest BCUT2D eigenvalue weighted by molar-refractivity contribution is 5.16. The number of rotatable bonds is 6. The summed E-state index contributed by atoms with van der Waals surface area (Å²) in [5, 5.41) is 3.28. The van der Waals surface area contributed by atoms with E-state index in [0.717, 1.165) is 31.5 Å². The molecule has 0 amide bonds. The first-order valence-electron chi connectivity index (χ1n) is 5.43. The maximum Gasteiger partial charge on any atom is 0.123 e. The molecular formula is C12H19FN2. The Bertz CT molecular complexity index is 271. The van der Waals surface area contributed by atoms with E-state index in [4.69, 9.17) is 5.73 Å². The van der Waals surface area contributed by atoms with E-state index in [0.29, 0.717) is 0 Å². The minimum atomic E-state index is -0.181. The van der Waals surface area contributed by atoms with Gasteiger partial charge in [-0.1, -0.05) is 19.1 Å². The first kappa shape index (κ1) is 12.1. The van der Waals surface area contributed by atoms with Crippen LogP contribution in [-0.2, 0) is 6.42 Å². The zero-order valence-electron chi connectivity index (χ0n) is 9.17. The topological polar surface area (TPSA) is 38.0 Å². The molecule has 0 radical (unpaired) electrons. The van der Waals surface area contributed by atoms with Crippen molar-refractivity contribution in [2.75, 3.05) is 13.1 Å². The first-order chi connectivity index (χ1) is 7.22. The van der Waals surface area contributed by atoms with Crippen molar-refractivity contribution in [3.63, 3.8) is 0 Å². The van der Waals surface area contributed by atoms with Crippen molar-refractivity contribution in [3.05, 3.63) is 35.6 Å². The average Bonchev–Trinajstić information content (AvgIpc) is 2.26. The summed E-state index contributed by atoms with van der Waals surface area (Å²) in [6.07, 6.45) is 1.90. The molecule has 0 aromatic heterocycles. The Kier molecular flexibility index (Phi) is 5.29. The predicted octanol–water partition coefficient (Wildman–Crippen LogP) is 1.70. The lowest BCUT2D eigenvalue weighted by Crippen LogP contribution is -2.34. The molecule has 0 aliphatic carbocycles. The quantitative estimate of drug-likeness (QED) is 0.701. The van der Waals surface area contributed by atoms with E-state index < -0.39 is 0 Å². The van der Waals surface area contributed by atoms with Crippen molar-refractivity contribution in [1.29, 1.82) is 0 Å². The summed E-state index contributed by atoms with van der Waals surface area (Å²) in [4.78, 5) is 0. The van der Waals surface area contributed by atoms with Crippen molar-refractivity contribution < 1.29 is 4.39 Å². The van der Waals surface area contributed by atoms with Gasteiger partial charge >= 0.3 is 0 Å². The van der Waals surface area contributed by atoms with Crippen LogP contribution in [0.5, 0.6) is 0 Å². The molecule has 0 saturated heterocycles. The molecule has 0 saturated carbocycles. The molecule has 3 N–H and O–H groups in total. The fourth-order valence-corrected chi connectivity index (χ4v) is 1.32. The largest absolute Gasteiger partial charge is 0.327 e.